The third-order valence-electron chi connectivity index (χ3n) is 4.81. The first-order valence-electron chi connectivity index (χ1n) is 8.63. The molecule has 1 aromatic heterocycles. The highest BCUT2D eigenvalue weighted by atomic mass is 16.2. The maximum atomic E-state index is 12.7. The van der Waals surface area contributed by atoms with Crippen molar-refractivity contribution in [1.82, 2.24) is 14.8 Å². The lowest BCUT2D eigenvalue weighted by atomic mass is 10.0. The Morgan fingerprint density at radius 1 is 1.29 bits per heavy atom. The maximum absolute atomic E-state index is 12.7. The standard InChI is InChI=1S/C18H25N3O3/c1-10(2)7-15-17(23)20(18(24)19-15)9-16(22)14-8-11(3)21(12(14)4)13-5-6-13/h8,10,13,15H,5-7,9H2,1-4H3,(H,19,24)/t15-/m0/s1. The zero-order valence-electron chi connectivity index (χ0n) is 14.8. The minimum atomic E-state index is -0.510. The molecule has 1 saturated carbocycles. The van der Waals surface area contributed by atoms with Gasteiger partial charge in [-0.05, 0) is 45.1 Å². The molecule has 24 heavy (non-hydrogen) atoms. The fourth-order valence-electron chi connectivity index (χ4n) is 3.54. The molecule has 2 aliphatic rings. The third kappa shape index (κ3) is 2.97. The van der Waals surface area contributed by atoms with Crippen molar-refractivity contribution in [2.24, 2.45) is 5.92 Å². The Hall–Kier alpha value is -2.11. The molecule has 1 aliphatic heterocycles. The number of aryl methyl sites for hydroxylation is 1. The number of carbonyl (C=O) groups is 3. The molecule has 130 valence electrons. The van der Waals surface area contributed by atoms with Crippen LogP contribution in [0.5, 0.6) is 0 Å². The van der Waals surface area contributed by atoms with Gasteiger partial charge >= 0.3 is 6.03 Å². The molecule has 0 radical (unpaired) electrons. The number of aromatic nitrogens is 1. The van der Waals surface area contributed by atoms with E-state index in [-0.39, 0.29) is 18.2 Å². The summed E-state index contributed by atoms with van der Waals surface area (Å²) in [4.78, 5) is 38.2. The molecular weight excluding hydrogens is 306 g/mol. The summed E-state index contributed by atoms with van der Waals surface area (Å²) in [6.07, 6.45) is 2.88. The number of carbonyl (C=O) groups excluding carboxylic acids is 3. The van der Waals surface area contributed by atoms with Gasteiger partial charge in [0.2, 0.25) is 0 Å². The first kappa shape index (κ1) is 16.7. The van der Waals surface area contributed by atoms with E-state index < -0.39 is 12.1 Å². The first-order chi connectivity index (χ1) is 11.3. The predicted octanol–water partition coefficient (Wildman–Crippen LogP) is 2.59. The third-order valence-corrected chi connectivity index (χ3v) is 4.81. The summed E-state index contributed by atoms with van der Waals surface area (Å²) < 4.78 is 2.20. The summed E-state index contributed by atoms with van der Waals surface area (Å²) in [5.74, 6) is -0.172. The van der Waals surface area contributed by atoms with Crippen molar-refractivity contribution in [3.05, 3.63) is 23.0 Å². The van der Waals surface area contributed by atoms with Gasteiger partial charge in [-0.2, -0.15) is 0 Å². The summed E-state index contributed by atoms with van der Waals surface area (Å²) in [6.45, 7) is 7.74. The number of nitrogens with zero attached hydrogens (tertiary/aromatic N) is 2. The van der Waals surface area contributed by atoms with Crippen LogP contribution in [0.1, 0.15) is 60.9 Å². The smallest absolute Gasteiger partial charge is 0.325 e. The van der Waals surface area contributed by atoms with E-state index in [2.05, 4.69) is 9.88 Å². The molecule has 0 unspecified atom stereocenters. The Balaban J connectivity index is 1.74. The SMILES string of the molecule is Cc1cc(C(=O)CN2C(=O)N[C@@H](CC(C)C)C2=O)c(C)n1C1CC1. The van der Waals surface area contributed by atoms with Gasteiger partial charge in [0.25, 0.3) is 5.91 Å². The summed E-state index contributed by atoms with van der Waals surface area (Å²) in [5.41, 5.74) is 2.62. The quantitative estimate of drug-likeness (QED) is 0.643. The van der Waals surface area contributed by atoms with Gasteiger partial charge in [-0.1, -0.05) is 13.8 Å². The lowest BCUT2D eigenvalue weighted by Crippen LogP contribution is -2.36. The predicted molar refractivity (Wildman–Crippen MR) is 90.0 cm³/mol. The molecule has 6 nitrogen and oxygen atoms in total. The van der Waals surface area contributed by atoms with E-state index in [9.17, 15) is 14.4 Å². The minimum absolute atomic E-state index is 0.177. The Bertz CT molecular complexity index is 701. The number of hydrogen-bond acceptors (Lipinski definition) is 3. The number of hydrogen-bond donors (Lipinski definition) is 1. The van der Waals surface area contributed by atoms with Crippen LogP contribution < -0.4 is 5.32 Å². The van der Waals surface area contributed by atoms with Crippen LogP contribution in [0.4, 0.5) is 4.79 Å². The second-order valence-electron chi connectivity index (χ2n) is 7.37. The second kappa shape index (κ2) is 6.07. The fourth-order valence-corrected chi connectivity index (χ4v) is 3.54. The van der Waals surface area contributed by atoms with Crippen LogP contribution in [0.15, 0.2) is 6.07 Å². The van der Waals surface area contributed by atoms with Crippen LogP contribution in [0, 0.1) is 19.8 Å². The molecule has 1 atom stereocenters. The molecule has 6 heteroatoms. The molecule has 1 aromatic rings. The lowest BCUT2D eigenvalue weighted by molar-refractivity contribution is -0.127. The van der Waals surface area contributed by atoms with Gasteiger partial charge in [0.15, 0.2) is 5.78 Å². The Morgan fingerprint density at radius 3 is 2.54 bits per heavy atom. The zero-order chi connectivity index (χ0) is 17.6. The number of rotatable bonds is 6. The molecule has 1 N–H and O–H groups in total. The normalized spacial score (nSPS) is 20.9. The highest BCUT2D eigenvalue weighted by molar-refractivity contribution is 6.09. The lowest BCUT2D eigenvalue weighted by Gasteiger charge is -2.13. The van der Waals surface area contributed by atoms with Gasteiger partial charge in [0.05, 0.1) is 6.54 Å². The summed E-state index contributed by atoms with van der Waals surface area (Å²) in [6, 6.07) is 1.40. The average Bonchev–Trinajstić information content (AvgIpc) is 3.23. The number of ketones is 1. The second-order valence-corrected chi connectivity index (χ2v) is 7.37. The van der Waals surface area contributed by atoms with Crippen LogP contribution in [-0.4, -0.2) is 39.8 Å². The number of urea groups is 1. The molecule has 3 amide bonds. The minimum Gasteiger partial charge on any atom is -0.345 e. The first-order valence-corrected chi connectivity index (χ1v) is 8.63. The number of nitrogens with one attached hydrogen (secondary N) is 1. The molecule has 2 fully saturated rings. The molecule has 1 aliphatic carbocycles. The van der Waals surface area contributed by atoms with E-state index >= 15 is 0 Å². The summed E-state index contributed by atoms with van der Waals surface area (Å²) in [7, 11) is 0. The topological polar surface area (TPSA) is 71.4 Å². The van der Waals surface area contributed by atoms with Crippen LogP contribution in [-0.2, 0) is 4.79 Å². The van der Waals surface area contributed by atoms with Crippen molar-refractivity contribution in [1.29, 1.82) is 0 Å². The van der Waals surface area contributed by atoms with Crippen molar-refractivity contribution >= 4 is 17.7 Å². The van der Waals surface area contributed by atoms with Crippen molar-refractivity contribution < 1.29 is 14.4 Å². The number of Topliss-reactive ketones (excluding diaryl/α,β-unsaturated/α-hetero) is 1. The Morgan fingerprint density at radius 2 is 1.96 bits per heavy atom. The molecule has 1 saturated heterocycles. The summed E-state index contributed by atoms with van der Waals surface area (Å²) in [5, 5.41) is 2.68. The Labute approximate surface area is 142 Å². The van der Waals surface area contributed by atoms with Crippen molar-refractivity contribution in [3.8, 4) is 0 Å². The molecule has 0 aromatic carbocycles. The van der Waals surface area contributed by atoms with E-state index in [1.54, 1.807) is 0 Å². The van der Waals surface area contributed by atoms with Gasteiger partial charge in [-0.25, -0.2) is 4.79 Å². The summed E-state index contributed by atoms with van der Waals surface area (Å²) >= 11 is 0. The molecule has 2 heterocycles. The van der Waals surface area contributed by atoms with Crippen molar-refractivity contribution in [3.63, 3.8) is 0 Å². The van der Waals surface area contributed by atoms with E-state index in [1.165, 1.54) is 0 Å². The van der Waals surface area contributed by atoms with E-state index in [4.69, 9.17) is 0 Å². The molecule has 0 bridgehead atoms. The van der Waals surface area contributed by atoms with Gasteiger partial charge in [0.1, 0.15) is 6.04 Å². The van der Waals surface area contributed by atoms with Crippen LogP contribution in [0.2, 0.25) is 0 Å². The molecular formula is C18H25N3O3. The Kier molecular flexibility index (Phi) is 4.24. The van der Waals surface area contributed by atoms with Crippen LogP contribution in [0.3, 0.4) is 0 Å². The van der Waals surface area contributed by atoms with E-state index in [0.717, 1.165) is 29.1 Å². The van der Waals surface area contributed by atoms with Crippen molar-refractivity contribution in [2.75, 3.05) is 6.54 Å². The molecule has 0 spiro atoms. The number of imide groups is 1. The van der Waals surface area contributed by atoms with Gasteiger partial charge in [-0.3, -0.25) is 14.5 Å². The van der Waals surface area contributed by atoms with Gasteiger partial charge < -0.3 is 9.88 Å². The van der Waals surface area contributed by atoms with Gasteiger partial charge in [0, 0.05) is 23.0 Å². The van der Waals surface area contributed by atoms with E-state index in [0.29, 0.717) is 23.9 Å². The average molecular weight is 331 g/mol. The van der Waals surface area contributed by atoms with Crippen LogP contribution in [0.25, 0.3) is 0 Å². The largest absolute Gasteiger partial charge is 0.345 e. The highest BCUT2D eigenvalue weighted by Gasteiger charge is 2.39. The fraction of sp³-hybridized carbons (Fsp3) is 0.611. The maximum Gasteiger partial charge on any atom is 0.325 e. The van der Waals surface area contributed by atoms with Crippen LogP contribution >= 0.6 is 0 Å². The highest BCUT2D eigenvalue weighted by Crippen LogP contribution is 2.38. The van der Waals surface area contributed by atoms with E-state index in [1.807, 2.05) is 33.8 Å². The monoisotopic (exact) mass is 331 g/mol. The molecule has 3 rings (SSSR count). The van der Waals surface area contributed by atoms with Gasteiger partial charge in [-0.15, -0.1) is 0 Å². The number of amides is 3. The van der Waals surface area contributed by atoms with Crippen molar-refractivity contribution in [2.45, 2.75) is 59.0 Å². The zero-order valence-corrected chi connectivity index (χ0v) is 14.8.